The van der Waals surface area contributed by atoms with Gasteiger partial charge in [0.15, 0.2) is 0 Å². The van der Waals surface area contributed by atoms with Gasteiger partial charge in [-0.25, -0.2) is 0 Å². The van der Waals surface area contributed by atoms with E-state index in [1.807, 2.05) is 0 Å². The molecule has 0 fully saturated rings. The zero-order chi connectivity index (χ0) is 8.55. The van der Waals surface area contributed by atoms with Gasteiger partial charge >= 0.3 is 0 Å². The fourth-order valence-corrected chi connectivity index (χ4v) is 1.17. The van der Waals surface area contributed by atoms with Gasteiger partial charge in [0.2, 0.25) is 0 Å². The lowest BCUT2D eigenvalue weighted by molar-refractivity contribution is -0.498. The lowest BCUT2D eigenvalue weighted by Gasteiger charge is -2.08. The van der Waals surface area contributed by atoms with Gasteiger partial charge in [0.25, 0.3) is 6.04 Å². The van der Waals surface area contributed by atoms with Crippen molar-refractivity contribution in [2.45, 2.75) is 6.04 Å². The monoisotopic (exact) mass is 163 g/mol. The summed E-state index contributed by atoms with van der Waals surface area (Å²) >= 11 is 0. The first kappa shape index (κ1) is 6.90. The maximum Gasteiger partial charge on any atom is 0.260 e. The Balaban J connectivity index is 2.39. The molecule has 0 amide bonds. The molecule has 1 atom stereocenters. The van der Waals surface area contributed by atoms with Gasteiger partial charge in [-0.3, -0.25) is 10.1 Å². The number of fused-ring (bicyclic) bond motifs is 1. The molecular weight excluding hydrogens is 158 g/mol. The van der Waals surface area contributed by atoms with Crippen LogP contribution in [0.5, 0.6) is 0 Å². The molecule has 1 aliphatic heterocycles. The van der Waals surface area contributed by atoms with E-state index in [1.165, 1.54) is 12.3 Å². The van der Waals surface area contributed by atoms with Gasteiger partial charge in [0, 0.05) is 4.92 Å². The predicted octanol–water partition coefficient (Wildman–Crippen LogP) is 1.44. The molecule has 0 bridgehead atoms. The molecule has 5 heteroatoms. The zero-order valence-corrected chi connectivity index (χ0v) is 6.04. The molecule has 1 aliphatic carbocycles. The number of hydrogen-bond donors (Lipinski definition) is 0. The second-order valence-corrected chi connectivity index (χ2v) is 2.47. The Bertz CT molecular complexity index is 352. The number of allylic oxidation sites excluding steroid dienone is 2. The van der Waals surface area contributed by atoms with Crippen molar-refractivity contribution < 1.29 is 4.92 Å². The first-order chi connectivity index (χ1) is 5.79. The number of nitrogens with zero attached hydrogens (tertiary/aromatic N) is 3. The number of rotatable bonds is 1. The molecule has 0 unspecified atom stereocenters. The Labute approximate surface area is 67.9 Å². The highest BCUT2D eigenvalue weighted by Crippen LogP contribution is 2.27. The van der Waals surface area contributed by atoms with E-state index in [9.17, 15) is 10.1 Å². The molecule has 0 spiro atoms. The van der Waals surface area contributed by atoms with Crippen LogP contribution < -0.4 is 0 Å². The quantitative estimate of drug-likeness (QED) is 0.433. The molecule has 5 nitrogen and oxygen atoms in total. The molecule has 2 rings (SSSR count). The van der Waals surface area contributed by atoms with Gasteiger partial charge < -0.3 is 0 Å². The lowest BCUT2D eigenvalue weighted by Crippen LogP contribution is -2.20. The summed E-state index contributed by atoms with van der Waals surface area (Å²) in [5.41, 5.74) is 1.17. The lowest BCUT2D eigenvalue weighted by atomic mass is 10.0. The van der Waals surface area contributed by atoms with Crippen LogP contribution in [0.4, 0.5) is 0 Å². The minimum Gasteiger partial charge on any atom is -0.264 e. The van der Waals surface area contributed by atoms with E-state index in [0.29, 0.717) is 11.3 Å². The van der Waals surface area contributed by atoms with Gasteiger partial charge in [0.05, 0.1) is 17.5 Å². The van der Waals surface area contributed by atoms with Gasteiger partial charge in [-0.1, -0.05) is 6.08 Å². The average Bonchev–Trinajstić information content (AvgIpc) is 2.49. The smallest absolute Gasteiger partial charge is 0.260 e. The maximum absolute atomic E-state index is 10.5. The molecular formula is C7H5N3O2. The molecule has 0 N–H and O–H groups in total. The van der Waals surface area contributed by atoms with Crippen LogP contribution >= 0.6 is 0 Å². The van der Waals surface area contributed by atoms with Crippen LogP contribution in [0.2, 0.25) is 0 Å². The van der Waals surface area contributed by atoms with Crippen LogP contribution in [0.1, 0.15) is 0 Å². The summed E-state index contributed by atoms with van der Waals surface area (Å²) in [6, 6.07) is -0.778. The largest absolute Gasteiger partial charge is 0.264 e. The van der Waals surface area contributed by atoms with Crippen LogP contribution in [-0.4, -0.2) is 11.0 Å². The van der Waals surface area contributed by atoms with Gasteiger partial charge in [-0.15, -0.1) is 0 Å². The minimum absolute atomic E-state index is 0.355. The van der Waals surface area contributed by atoms with Crippen molar-refractivity contribution >= 4 is 0 Å². The Kier molecular flexibility index (Phi) is 1.36. The molecule has 0 aromatic heterocycles. The van der Waals surface area contributed by atoms with E-state index in [0.717, 1.165) is 0 Å². The minimum atomic E-state index is -0.778. The van der Waals surface area contributed by atoms with E-state index in [4.69, 9.17) is 0 Å². The first-order valence-corrected chi connectivity index (χ1v) is 3.42. The normalized spacial score (nSPS) is 24.8. The SMILES string of the molecule is O=[N+]([O-])[C@H]1C=CC=C2N=NC=C21. The second-order valence-electron chi connectivity index (χ2n) is 2.47. The third kappa shape index (κ3) is 0.868. The fourth-order valence-electron chi connectivity index (χ4n) is 1.17. The second kappa shape index (κ2) is 2.37. The molecule has 12 heavy (non-hydrogen) atoms. The van der Waals surface area contributed by atoms with E-state index in [1.54, 1.807) is 12.2 Å². The van der Waals surface area contributed by atoms with Crippen molar-refractivity contribution in [2.24, 2.45) is 10.2 Å². The summed E-state index contributed by atoms with van der Waals surface area (Å²) in [5, 5.41) is 17.8. The van der Waals surface area contributed by atoms with E-state index < -0.39 is 6.04 Å². The molecule has 0 saturated heterocycles. The van der Waals surface area contributed by atoms with Crippen LogP contribution in [0.15, 0.2) is 45.9 Å². The van der Waals surface area contributed by atoms with Crippen molar-refractivity contribution in [1.29, 1.82) is 0 Å². The molecule has 60 valence electrons. The molecule has 0 radical (unpaired) electrons. The van der Waals surface area contributed by atoms with Crippen molar-refractivity contribution in [3.05, 3.63) is 45.8 Å². The van der Waals surface area contributed by atoms with Crippen LogP contribution in [0.25, 0.3) is 0 Å². The fraction of sp³-hybridized carbons (Fsp3) is 0.143. The molecule has 0 aromatic rings. The summed E-state index contributed by atoms with van der Waals surface area (Å²) in [6.07, 6.45) is 6.29. The summed E-state index contributed by atoms with van der Waals surface area (Å²) in [4.78, 5) is 10.1. The Morgan fingerprint density at radius 3 is 3.17 bits per heavy atom. The number of azo groups is 1. The zero-order valence-electron chi connectivity index (χ0n) is 6.04. The summed E-state index contributed by atoms with van der Waals surface area (Å²) in [6.45, 7) is 0. The van der Waals surface area contributed by atoms with Crippen LogP contribution in [0.3, 0.4) is 0 Å². The number of nitro groups is 1. The Hall–Kier alpha value is -1.78. The third-order valence-corrected chi connectivity index (χ3v) is 1.75. The Morgan fingerprint density at radius 1 is 1.58 bits per heavy atom. The summed E-state index contributed by atoms with van der Waals surface area (Å²) < 4.78 is 0. The van der Waals surface area contributed by atoms with Crippen molar-refractivity contribution in [3.63, 3.8) is 0 Å². The summed E-state index contributed by atoms with van der Waals surface area (Å²) in [7, 11) is 0. The molecule has 2 aliphatic rings. The van der Waals surface area contributed by atoms with Crippen molar-refractivity contribution in [3.8, 4) is 0 Å². The van der Waals surface area contributed by atoms with Crippen molar-refractivity contribution in [2.75, 3.05) is 0 Å². The van der Waals surface area contributed by atoms with Gasteiger partial charge in [-0.2, -0.15) is 10.2 Å². The topological polar surface area (TPSA) is 67.9 Å². The first-order valence-electron chi connectivity index (χ1n) is 3.42. The van der Waals surface area contributed by atoms with Gasteiger partial charge in [0.1, 0.15) is 0 Å². The standard InChI is InChI=1S/C7H5N3O2/c11-10(12)7-3-1-2-6-5(7)4-8-9-6/h1-4,7H/t7-/m0/s1. The highest BCUT2D eigenvalue weighted by Gasteiger charge is 2.29. The van der Waals surface area contributed by atoms with E-state index in [2.05, 4.69) is 10.2 Å². The van der Waals surface area contributed by atoms with E-state index in [-0.39, 0.29) is 4.92 Å². The third-order valence-electron chi connectivity index (χ3n) is 1.75. The Morgan fingerprint density at radius 2 is 2.42 bits per heavy atom. The van der Waals surface area contributed by atoms with E-state index >= 15 is 0 Å². The average molecular weight is 163 g/mol. The van der Waals surface area contributed by atoms with Crippen molar-refractivity contribution in [1.82, 2.24) is 0 Å². The molecule has 0 saturated carbocycles. The molecule has 1 heterocycles. The molecule has 0 aromatic carbocycles. The maximum atomic E-state index is 10.5. The summed E-state index contributed by atoms with van der Waals surface area (Å²) in [5.74, 6) is 0. The number of hydrogen-bond acceptors (Lipinski definition) is 4. The van der Waals surface area contributed by atoms with Gasteiger partial charge in [-0.05, 0) is 12.2 Å². The van der Waals surface area contributed by atoms with Crippen LogP contribution in [0, 0.1) is 10.1 Å². The highest BCUT2D eigenvalue weighted by atomic mass is 16.6. The predicted molar refractivity (Wildman–Crippen MR) is 40.9 cm³/mol. The highest BCUT2D eigenvalue weighted by molar-refractivity contribution is 5.43. The van der Waals surface area contributed by atoms with Crippen LogP contribution in [-0.2, 0) is 0 Å².